The number of unbranched alkanes of at least 4 members (excludes halogenated alkanes) is 17. The topological polar surface area (TPSA) is 108 Å². The molecule has 2 atom stereocenters. The van der Waals surface area contributed by atoms with E-state index in [0.29, 0.717) is 17.4 Å². The van der Waals surface area contributed by atoms with Crippen LogP contribution in [0.15, 0.2) is 158 Å². The van der Waals surface area contributed by atoms with E-state index in [1.807, 2.05) is 21.1 Å². The highest BCUT2D eigenvalue weighted by molar-refractivity contribution is 7.47. The van der Waals surface area contributed by atoms with E-state index in [0.717, 1.165) is 141 Å². The summed E-state index contributed by atoms with van der Waals surface area (Å²) in [5.74, 6) is -0.823. The Labute approximate surface area is 503 Å². The maximum atomic E-state index is 12.8. The SMILES string of the molecule is CC/C=C\C/C=C\C/C=C\C/C=C\C/C=C\C/C=C\C/C=C\C/C=C\C/C=C\C/C=C\CCCCCCCCCCCCC(=O)OC(COC(=O)CCCCCCCCC/C=C\C/C=C\C/C=C\CC)COP(=O)(O)OCC[N+](C)(C)C. The van der Waals surface area contributed by atoms with Crippen LogP contribution in [0.4, 0.5) is 0 Å². The van der Waals surface area contributed by atoms with Gasteiger partial charge in [-0.05, 0) is 122 Å². The molecule has 0 fully saturated rings. The molecule has 0 rings (SSSR count). The Bertz CT molecular complexity index is 1940. The quantitative estimate of drug-likeness (QED) is 0.0211. The minimum absolute atomic E-state index is 0.0214. The fraction of sp³-hybridized carbons (Fsp3) is 0.611. The van der Waals surface area contributed by atoms with Gasteiger partial charge in [-0.3, -0.25) is 18.6 Å². The first-order chi connectivity index (χ1) is 40.0. The summed E-state index contributed by atoms with van der Waals surface area (Å²) in [6.07, 6.45) is 91.9. The smallest absolute Gasteiger partial charge is 0.462 e. The number of phosphoric ester groups is 1. The Morgan fingerprint density at radius 1 is 0.378 bits per heavy atom. The lowest BCUT2D eigenvalue weighted by Crippen LogP contribution is -2.37. The van der Waals surface area contributed by atoms with Crippen LogP contribution in [0.2, 0.25) is 0 Å². The number of phosphoric acid groups is 1. The summed E-state index contributed by atoms with van der Waals surface area (Å²) in [5, 5.41) is 0. The molecule has 0 amide bonds. The summed E-state index contributed by atoms with van der Waals surface area (Å²) in [6.45, 7) is 4.17. The number of allylic oxidation sites excluding steroid dienone is 26. The Morgan fingerprint density at radius 3 is 0.976 bits per heavy atom. The molecule has 0 aliphatic carbocycles. The second-order valence-electron chi connectivity index (χ2n) is 22.0. The standard InChI is InChI=1S/C72H118NO8P/c1-6-8-10-12-14-16-18-20-22-24-25-26-27-28-29-30-31-32-33-34-35-36-37-38-39-40-41-42-43-44-45-46-47-49-51-53-55-57-59-61-63-65-72(75)81-70(69-80-82(76,77)79-67-66-73(3,4)5)68-78-71(74)64-62-60-58-56-54-52-50-48-23-21-19-17-15-13-11-9-7-2/h8-11,14-17,20-23,25-26,28-29,31-32,34-35,37-38,40-41,43-44,70H,6-7,12-13,18-19,24,27,30,33,36,39,42,45-69H2,1-5H3/p+1/b10-8-,11-9-,16-14-,17-15-,22-20-,23-21-,26-25-,29-28-,32-31-,35-34-,38-37-,41-40-,44-43-. The van der Waals surface area contributed by atoms with E-state index in [1.54, 1.807) is 0 Å². The van der Waals surface area contributed by atoms with E-state index in [2.05, 4.69) is 172 Å². The Hall–Kier alpha value is -4.37. The second-order valence-corrected chi connectivity index (χ2v) is 23.5. The number of esters is 2. The van der Waals surface area contributed by atoms with Crippen LogP contribution in [-0.4, -0.2) is 74.9 Å². The van der Waals surface area contributed by atoms with Crippen molar-refractivity contribution in [3.63, 3.8) is 0 Å². The monoisotopic (exact) mass is 1160 g/mol. The highest BCUT2D eigenvalue weighted by atomic mass is 31.2. The van der Waals surface area contributed by atoms with Gasteiger partial charge in [-0.1, -0.05) is 255 Å². The zero-order chi connectivity index (χ0) is 59.8. The summed E-state index contributed by atoms with van der Waals surface area (Å²) in [7, 11) is 1.45. The van der Waals surface area contributed by atoms with Crippen molar-refractivity contribution in [3.8, 4) is 0 Å². The predicted molar refractivity (Wildman–Crippen MR) is 353 cm³/mol. The number of carbonyl (C=O) groups excluding carboxylic acids is 2. The lowest BCUT2D eigenvalue weighted by atomic mass is 10.0. The molecule has 2 unspecified atom stereocenters. The summed E-state index contributed by atoms with van der Waals surface area (Å²) < 4.78 is 34.6. The number of quaternary nitrogens is 1. The van der Waals surface area contributed by atoms with Crippen LogP contribution in [0.1, 0.15) is 232 Å². The molecule has 0 spiro atoms. The van der Waals surface area contributed by atoms with Crippen LogP contribution in [0.5, 0.6) is 0 Å². The maximum absolute atomic E-state index is 12.8. The second kappa shape index (κ2) is 61.2. The third-order valence-corrected chi connectivity index (χ3v) is 14.0. The van der Waals surface area contributed by atoms with Crippen molar-refractivity contribution in [1.82, 2.24) is 0 Å². The van der Waals surface area contributed by atoms with Gasteiger partial charge in [-0.15, -0.1) is 0 Å². The molecule has 9 nitrogen and oxygen atoms in total. The zero-order valence-electron chi connectivity index (χ0n) is 52.7. The first-order valence-corrected chi connectivity index (χ1v) is 33.7. The van der Waals surface area contributed by atoms with Crippen molar-refractivity contribution in [1.29, 1.82) is 0 Å². The fourth-order valence-electron chi connectivity index (χ4n) is 8.18. The van der Waals surface area contributed by atoms with Gasteiger partial charge in [-0.25, -0.2) is 4.57 Å². The van der Waals surface area contributed by atoms with Crippen molar-refractivity contribution >= 4 is 19.8 Å². The minimum Gasteiger partial charge on any atom is -0.462 e. The molecule has 0 aliphatic heterocycles. The molecular weight excluding hydrogens is 1040 g/mol. The van der Waals surface area contributed by atoms with Gasteiger partial charge in [0, 0.05) is 12.8 Å². The minimum atomic E-state index is -4.40. The van der Waals surface area contributed by atoms with Crippen molar-refractivity contribution < 1.29 is 42.1 Å². The zero-order valence-corrected chi connectivity index (χ0v) is 53.6. The lowest BCUT2D eigenvalue weighted by Gasteiger charge is -2.24. The predicted octanol–water partition coefficient (Wildman–Crippen LogP) is 20.8. The van der Waals surface area contributed by atoms with Crippen LogP contribution >= 0.6 is 7.82 Å². The van der Waals surface area contributed by atoms with E-state index in [-0.39, 0.29) is 32.0 Å². The molecular formula is C72H119NO8P+. The van der Waals surface area contributed by atoms with Crippen molar-refractivity contribution in [2.24, 2.45) is 0 Å². The molecule has 0 aromatic rings. The van der Waals surface area contributed by atoms with E-state index in [9.17, 15) is 19.0 Å². The van der Waals surface area contributed by atoms with Gasteiger partial charge < -0.3 is 18.9 Å². The van der Waals surface area contributed by atoms with Gasteiger partial charge in [0.15, 0.2) is 6.10 Å². The molecule has 0 heterocycles. The molecule has 0 bridgehead atoms. The number of hydrogen-bond donors (Lipinski definition) is 1. The summed E-state index contributed by atoms with van der Waals surface area (Å²) in [5.41, 5.74) is 0. The highest BCUT2D eigenvalue weighted by Gasteiger charge is 2.27. The van der Waals surface area contributed by atoms with Crippen LogP contribution in [0.25, 0.3) is 0 Å². The normalized spacial score (nSPS) is 14.3. The van der Waals surface area contributed by atoms with E-state index >= 15 is 0 Å². The summed E-state index contributed by atoms with van der Waals surface area (Å²) in [4.78, 5) is 35.7. The number of rotatable bonds is 57. The van der Waals surface area contributed by atoms with Crippen LogP contribution in [0.3, 0.4) is 0 Å². The summed E-state index contributed by atoms with van der Waals surface area (Å²) in [6, 6.07) is 0. The third-order valence-electron chi connectivity index (χ3n) is 13.1. The molecule has 0 aromatic carbocycles. The molecule has 0 saturated heterocycles. The van der Waals surface area contributed by atoms with Crippen molar-refractivity contribution in [3.05, 3.63) is 158 Å². The van der Waals surface area contributed by atoms with Gasteiger partial charge in [0.05, 0.1) is 27.7 Å². The van der Waals surface area contributed by atoms with Crippen LogP contribution in [0, 0.1) is 0 Å². The average Bonchev–Trinajstić information content (AvgIpc) is 3.45. The molecule has 0 aliphatic rings. The van der Waals surface area contributed by atoms with Crippen LogP contribution in [-0.2, 0) is 32.7 Å². The molecule has 0 radical (unpaired) electrons. The number of nitrogens with zero attached hydrogens (tertiary/aromatic N) is 1. The van der Waals surface area contributed by atoms with Crippen molar-refractivity contribution in [2.75, 3.05) is 47.5 Å². The number of ether oxygens (including phenoxy) is 2. The average molecular weight is 1160 g/mol. The molecule has 10 heteroatoms. The Balaban J connectivity index is 4.10. The largest absolute Gasteiger partial charge is 0.472 e. The first kappa shape index (κ1) is 77.6. The number of carbonyl (C=O) groups is 2. The number of hydrogen-bond acceptors (Lipinski definition) is 7. The van der Waals surface area contributed by atoms with Gasteiger partial charge in [-0.2, -0.15) is 0 Å². The molecule has 1 N–H and O–H groups in total. The third kappa shape index (κ3) is 64.8. The van der Waals surface area contributed by atoms with Gasteiger partial charge >= 0.3 is 19.8 Å². The van der Waals surface area contributed by atoms with Crippen molar-refractivity contribution in [2.45, 2.75) is 238 Å². The molecule has 0 saturated carbocycles. The molecule has 0 aromatic heterocycles. The molecule has 464 valence electrons. The Kier molecular flexibility index (Phi) is 57.9. The maximum Gasteiger partial charge on any atom is 0.472 e. The van der Waals surface area contributed by atoms with Gasteiger partial charge in [0.25, 0.3) is 0 Å². The van der Waals surface area contributed by atoms with E-state index in [1.165, 1.54) is 57.8 Å². The Morgan fingerprint density at radius 2 is 0.659 bits per heavy atom. The first-order valence-electron chi connectivity index (χ1n) is 32.2. The molecule has 82 heavy (non-hydrogen) atoms. The summed E-state index contributed by atoms with van der Waals surface area (Å²) >= 11 is 0. The van der Waals surface area contributed by atoms with Gasteiger partial charge in [0.2, 0.25) is 0 Å². The highest BCUT2D eigenvalue weighted by Crippen LogP contribution is 2.43. The van der Waals surface area contributed by atoms with E-state index < -0.39 is 26.5 Å². The van der Waals surface area contributed by atoms with Gasteiger partial charge in [0.1, 0.15) is 19.8 Å². The number of likely N-dealkylation sites (N-methyl/N-ethyl adjacent to an activating group) is 1. The van der Waals surface area contributed by atoms with Crippen LogP contribution < -0.4 is 0 Å². The fourth-order valence-corrected chi connectivity index (χ4v) is 8.92. The van der Waals surface area contributed by atoms with E-state index in [4.69, 9.17) is 18.5 Å². The lowest BCUT2D eigenvalue weighted by molar-refractivity contribution is -0.870.